The maximum Gasteiger partial charge on any atom is 0.248 e. The van der Waals surface area contributed by atoms with E-state index in [0.29, 0.717) is 12.6 Å². The molecule has 0 atom stereocenters. The summed E-state index contributed by atoms with van der Waals surface area (Å²) in [5.41, 5.74) is 2.25. The third kappa shape index (κ3) is 4.96. The van der Waals surface area contributed by atoms with Gasteiger partial charge in [0.2, 0.25) is 5.91 Å². The molecular weight excluding hydrogens is 292 g/mol. The van der Waals surface area contributed by atoms with E-state index in [1.165, 1.54) is 5.56 Å². The van der Waals surface area contributed by atoms with Crippen LogP contribution in [0.2, 0.25) is 0 Å². The molecule has 6 heteroatoms. The van der Waals surface area contributed by atoms with Crippen molar-refractivity contribution in [2.45, 2.75) is 19.8 Å². The molecule has 6 nitrogen and oxygen atoms in total. The molecule has 0 aliphatic carbocycles. The number of benzene rings is 1. The van der Waals surface area contributed by atoms with Gasteiger partial charge in [-0.25, -0.2) is 4.99 Å². The molecule has 0 spiro atoms. The van der Waals surface area contributed by atoms with Crippen LogP contribution in [0.4, 0.5) is 5.69 Å². The van der Waals surface area contributed by atoms with Crippen molar-refractivity contribution in [3.8, 4) is 0 Å². The summed E-state index contributed by atoms with van der Waals surface area (Å²) in [6.45, 7) is 5.12. The number of para-hydroxylation sites is 1. The number of ether oxygens (including phenoxy) is 1. The second-order valence-corrected chi connectivity index (χ2v) is 5.39. The normalized spacial score (nSPS) is 13.8. The third-order valence-corrected chi connectivity index (χ3v) is 3.72. The van der Waals surface area contributed by atoms with Crippen molar-refractivity contribution in [2.24, 2.45) is 4.99 Å². The average molecular weight is 318 g/mol. The molecule has 0 aromatic heterocycles. The first-order valence-corrected chi connectivity index (χ1v) is 8.15. The van der Waals surface area contributed by atoms with E-state index >= 15 is 0 Å². The highest BCUT2D eigenvalue weighted by Crippen LogP contribution is 2.27. The van der Waals surface area contributed by atoms with E-state index in [-0.39, 0.29) is 12.5 Å². The first-order valence-electron chi connectivity index (χ1n) is 8.15. The van der Waals surface area contributed by atoms with Crippen LogP contribution in [0, 0.1) is 0 Å². The van der Waals surface area contributed by atoms with E-state index in [4.69, 9.17) is 4.74 Å². The molecule has 0 fully saturated rings. The van der Waals surface area contributed by atoms with Gasteiger partial charge in [-0.15, -0.1) is 0 Å². The lowest BCUT2D eigenvalue weighted by Crippen LogP contribution is -2.39. The van der Waals surface area contributed by atoms with E-state index in [1.807, 2.05) is 30.0 Å². The van der Waals surface area contributed by atoms with E-state index in [9.17, 15) is 4.79 Å². The summed E-state index contributed by atoms with van der Waals surface area (Å²) in [6.07, 6.45) is 1.81. The fourth-order valence-corrected chi connectivity index (χ4v) is 2.59. The number of guanidine groups is 1. The molecule has 1 aliphatic heterocycles. The molecule has 0 saturated heterocycles. The Morgan fingerprint density at radius 2 is 2.17 bits per heavy atom. The van der Waals surface area contributed by atoms with Crippen LogP contribution in [0.1, 0.15) is 18.9 Å². The Kier molecular flexibility index (Phi) is 6.87. The number of carbonyl (C=O) groups excluding carboxylic acids is 1. The molecule has 1 heterocycles. The van der Waals surface area contributed by atoms with Gasteiger partial charge in [0.25, 0.3) is 0 Å². The lowest BCUT2D eigenvalue weighted by atomic mass is 10.2. The maximum absolute atomic E-state index is 12.4. The van der Waals surface area contributed by atoms with Crippen LogP contribution < -0.4 is 15.5 Å². The van der Waals surface area contributed by atoms with Gasteiger partial charge in [0, 0.05) is 39.0 Å². The zero-order valence-corrected chi connectivity index (χ0v) is 14.0. The summed E-state index contributed by atoms with van der Waals surface area (Å²) in [6, 6.07) is 8.05. The largest absolute Gasteiger partial charge is 0.385 e. The smallest absolute Gasteiger partial charge is 0.248 e. The van der Waals surface area contributed by atoms with Crippen molar-refractivity contribution in [1.82, 2.24) is 10.6 Å². The number of rotatable bonds is 7. The first-order chi connectivity index (χ1) is 11.3. The number of aliphatic imine (C=N–C) groups is 1. The van der Waals surface area contributed by atoms with Crippen LogP contribution in [0.15, 0.2) is 29.3 Å². The van der Waals surface area contributed by atoms with Crippen molar-refractivity contribution < 1.29 is 9.53 Å². The second kappa shape index (κ2) is 9.15. The Balaban J connectivity index is 1.90. The van der Waals surface area contributed by atoms with Gasteiger partial charge >= 0.3 is 0 Å². The van der Waals surface area contributed by atoms with Gasteiger partial charge in [-0.3, -0.25) is 4.79 Å². The van der Waals surface area contributed by atoms with Crippen molar-refractivity contribution in [3.63, 3.8) is 0 Å². The number of anilines is 1. The van der Waals surface area contributed by atoms with Gasteiger partial charge in [-0.1, -0.05) is 18.2 Å². The molecule has 1 aromatic carbocycles. The minimum atomic E-state index is 0.0315. The summed E-state index contributed by atoms with van der Waals surface area (Å²) >= 11 is 0. The van der Waals surface area contributed by atoms with Gasteiger partial charge in [0.05, 0.1) is 0 Å². The fraction of sp³-hybridized carbons (Fsp3) is 0.529. The number of fused-ring (bicyclic) bond motifs is 1. The van der Waals surface area contributed by atoms with E-state index in [1.54, 1.807) is 7.11 Å². The zero-order chi connectivity index (χ0) is 16.5. The Hall–Kier alpha value is -2.08. The fourth-order valence-electron chi connectivity index (χ4n) is 2.59. The summed E-state index contributed by atoms with van der Waals surface area (Å²) in [5, 5.41) is 6.36. The van der Waals surface area contributed by atoms with Crippen LogP contribution in [0.25, 0.3) is 0 Å². The second-order valence-electron chi connectivity index (χ2n) is 5.39. The minimum absolute atomic E-state index is 0.0315. The van der Waals surface area contributed by atoms with Crippen molar-refractivity contribution in [3.05, 3.63) is 29.8 Å². The van der Waals surface area contributed by atoms with Crippen LogP contribution >= 0.6 is 0 Å². The molecule has 0 radical (unpaired) electrons. The van der Waals surface area contributed by atoms with E-state index in [2.05, 4.69) is 21.7 Å². The number of nitrogens with zero attached hydrogens (tertiary/aromatic N) is 2. The van der Waals surface area contributed by atoms with Gasteiger partial charge in [-0.2, -0.15) is 0 Å². The minimum Gasteiger partial charge on any atom is -0.385 e. The number of hydrogen-bond donors (Lipinski definition) is 2. The molecule has 126 valence electrons. The Labute approximate surface area is 137 Å². The molecular formula is C17H26N4O2. The third-order valence-electron chi connectivity index (χ3n) is 3.72. The SMILES string of the molecule is CCNC(=NCC(=O)N1CCc2ccccc21)NCCCOC. The Bertz CT molecular complexity index is 545. The van der Waals surface area contributed by atoms with E-state index < -0.39 is 0 Å². The van der Waals surface area contributed by atoms with Crippen molar-refractivity contribution in [2.75, 3.05) is 44.8 Å². The molecule has 1 aliphatic rings. The number of hydrogen-bond acceptors (Lipinski definition) is 3. The van der Waals surface area contributed by atoms with Gasteiger partial charge in [-0.05, 0) is 31.4 Å². The Morgan fingerprint density at radius 3 is 2.96 bits per heavy atom. The molecule has 2 N–H and O–H groups in total. The number of methoxy groups -OCH3 is 1. The van der Waals surface area contributed by atoms with Crippen LogP contribution in [0.5, 0.6) is 0 Å². The lowest BCUT2D eigenvalue weighted by molar-refractivity contribution is -0.117. The standard InChI is InChI=1S/C17H26N4O2/c1-3-18-17(19-10-6-12-23-2)20-13-16(22)21-11-9-14-7-4-5-8-15(14)21/h4-5,7-8H,3,6,9-13H2,1-2H3,(H2,18,19,20). The van der Waals surface area contributed by atoms with Crippen LogP contribution in [-0.4, -0.2) is 51.8 Å². The quantitative estimate of drug-likeness (QED) is 0.450. The zero-order valence-electron chi connectivity index (χ0n) is 14.0. The van der Waals surface area contributed by atoms with Crippen molar-refractivity contribution >= 4 is 17.6 Å². The maximum atomic E-state index is 12.4. The molecule has 1 aromatic rings. The van der Waals surface area contributed by atoms with Crippen LogP contribution in [0.3, 0.4) is 0 Å². The molecule has 2 rings (SSSR count). The topological polar surface area (TPSA) is 66.0 Å². The molecule has 0 saturated carbocycles. The molecule has 1 amide bonds. The summed E-state index contributed by atoms with van der Waals surface area (Å²) in [5.74, 6) is 0.702. The number of carbonyl (C=O) groups is 1. The predicted molar refractivity (Wildman–Crippen MR) is 93.0 cm³/mol. The number of amides is 1. The molecule has 23 heavy (non-hydrogen) atoms. The summed E-state index contributed by atoms with van der Waals surface area (Å²) in [4.78, 5) is 18.7. The van der Waals surface area contributed by atoms with Gasteiger partial charge in [0.1, 0.15) is 6.54 Å². The lowest BCUT2D eigenvalue weighted by Gasteiger charge is -2.17. The predicted octanol–water partition coefficient (Wildman–Crippen LogP) is 1.17. The first kappa shape index (κ1) is 17.3. The summed E-state index contributed by atoms with van der Waals surface area (Å²) < 4.78 is 5.02. The molecule has 0 bridgehead atoms. The highest BCUT2D eigenvalue weighted by molar-refractivity contribution is 5.98. The summed E-state index contributed by atoms with van der Waals surface area (Å²) in [7, 11) is 1.69. The molecule has 0 unspecified atom stereocenters. The highest BCUT2D eigenvalue weighted by Gasteiger charge is 2.23. The monoisotopic (exact) mass is 318 g/mol. The highest BCUT2D eigenvalue weighted by atomic mass is 16.5. The number of nitrogens with one attached hydrogen (secondary N) is 2. The Morgan fingerprint density at radius 1 is 1.35 bits per heavy atom. The van der Waals surface area contributed by atoms with Crippen LogP contribution in [-0.2, 0) is 16.0 Å². The van der Waals surface area contributed by atoms with Gasteiger partial charge < -0.3 is 20.3 Å². The van der Waals surface area contributed by atoms with E-state index in [0.717, 1.165) is 38.2 Å². The average Bonchev–Trinajstić information content (AvgIpc) is 3.00. The van der Waals surface area contributed by atoms with Gasteiger partial charge in [0.15, 0.2) is 5.96 Å². The van der Waals surface area contributed by atoms with Crippen molar-refractivity contribution in [1.29, 1.82) is 0 Å².